The Balaban J connectivity index is 2.26. The first-order chi connectivity index (χ1) is 4.79. The van der Waals surface area contributed by atoms with Crippen molar-refractivity contribution in [3.63, 3.8) is 0 Å². The van der Waals surface area contributed by atoms with E-state index in [1.54, 1.807) is 0 Å². The van der Waals surface area contributed by atoms with Crippen LogP contribution >= 0.6 is 0 Å². The van der Waals surface area contributed by atoms with Crippen molar-refractivity contribution in [3.05, 3.63) is 6.54 Å². The van der Waals surface area contributed by atoms with Gasteiger partial charge in [-0.05, 0) is 19.4 Å². The molecule has 1 saturated heterocycles. The molecular formula is C6H12NO2S. The molecule has 0 aromatic rings. The highest BCUT2D eigenvalue weighted by Gasteiger charge is 2.09. The lowest BCUT2D eigenvalue weighted by Gasteiger charge is -2.22. The Labute approximate surface area is 63.0 Å². The first-order valence-electron chi connectivity index (χ1n) is 3.48. The van der Waals surface area contributed by atoms with Gasteiger partial charge in [0.1, 0.15) is 0 Å². The summed E-state index contributed by atoms with van der Waals surface area (Å²) in [6, 6.07) is 0. The van der Waals surface area contributed by atoms with Gasteiger partial charge in [-0.1, -0.05) is 6.42 Å². The molecule has 0 N–H and O–H groups in total. The Bertz CT molecular complexity index is 153. The number of thiol groups is 1. The monoisotopic (exact) mass is 162 g/mol. The summed E-state index contributed by atoms with van der Waals surface area (Å²) in [4.78, 5) is 1.87. The van der Waals surface area contributed by atoms with Crippen LogP contribution in [0.5, 0.6) is 0 Å². The summed E-state index contributed by atoms with van der Waals surface area (Å²) in [5.74, 6) is 0.204. The number of piperidine rings is 1. The number of nitrogens with zero attached hydrogens (tertiary/aromatic N) is 1. The summed E-state index contributed by atoms with van der Waals surface area (Å²) < 4.78 is 20.5. The van der Waals surface area contributed by atoms with Crippen LogP contribution in [0.2, 0.25) is 0 Å². The molecule has 1 aliphatic heterocycles. The Morgan fingerprint density at radius 1 is 1.40 bits per heavy atom. The van der Waals surface area contributed by atoms with E-state index < -0.39 is 10.7 Å². The summed E-state index contributed by atoms with van der Waals surface area (Å²) in [5.41, 5.74) is 0. The molecule has 1 heterocycles. The topological polar surface area (TPSA) is 37.4 Å². The van der Waals surface area contributed by atoms with Crippen LogP contribution in [0.3, 0.4) is 0 Å². The summed E-state index contributed by atoms with van der Waals surface area (Å²) in [5, 5.41) is 0. The van der Waals surface area contributed by atoms with Crippen molar-refractivity contribution in [2.24, 2.45) is 0 Å². The smallest absolute Gasteiger partial charge is 0.153 e. The lowest BCUT2D eigenvalue weighted by Crippen LogP contribution is -2.27. The minimum absolute atomic E-state index is 0.204. The fourth-order valence-corrected chi connectivity index (χ4v) is 1.65. The third-order valence-electron chi connectivity index (χ3n) is 1.58. The molecule has 0 aromatic heterocycles. The van der Waals surface area contributed by atoms with E-state index in [2.05, 4.69) is 0 Å². The largest absolute Gasteiger partial charge is 0.285 e. The molecule has 10 heavy (non-hydrogen) atoms. The second-order valence-electron chi connectivity index (χ2n) is 2.46. The zero-order chi connectivity index (χ0) is 7.40. The van der Waals surface area contributed by atoms with Crippen molar-refractivity contribution in [1.29, 1.82) is 0 Å². The van der Waals surface area contributed by atoms with E-state index in [0.717, 1.165) is 19.4 Å². The van der Waals surface area contributed by atoms with E-state index in [0.29, 0.717) is 0 Å². The molecular weight excluding hydrogens is 150 g/mol. The van der Waals surface area contributed by atoms with Crippen LogP contribution in [0.1, 0.15) is 19.3 Å². The predicted molar refractivity (Wildman–Crippen MR) is 40.0 cm³/mol. The molecule has 0 spiro atoms. The third kappa shape index (κ3) is 2.66. The molecule has 1 radical (unpaired) electrons. The molecule has 3 nitrogen and oxygen atoms in total. The predicted octanol–water partition coefficient (Wildman–Crippen LogP) is 0.203. The van der Waals surface area contributed by atoms with Crippen molar-refractivity contribution >= 4 is 10.7 Å². The van der Waals surface area contributed by atoms with Crippen molar-refractivity contribution < 1.29 is 8.42 Å². The van der Waals surface area contributed by atoms with E-state index in [4.69, 9.17) is 0 Å². The maximum Gasteiger partial charge on any atom is 0.153 e. The molecule has 4 heteroatoms. The summed E-state index contributed by atoms with van der Waals surface area (Å²) in [6.45, 7) is 2.89. The fraction of sp³-hybridized carbons (Fsp3) is 0.833. The van der Waals surface area contributed by atoms with Gasteiger partial charge in [-0.25, -0.2) is 8.42 Å². The molecule has 1 fully saturated rings. The highest BCUT2D eigenvalue weighted by molar-refractivity contribution is 7.72. The number of hydrogen-bond donors (Lipinski definition) is 1. The molecule has 0 atom stereocenters. The highest BCUT2D eigenvalue weighted by Crippen LogP contribution is 2.11. The Hall–Kier alpha value is -0.0900. The number of likely N-dealkylation sites (tertiary alicyclic amines) is 1. The summed E-state index contributed by atoms with van der Waals surface area (Å²) in [7, 11) is -2.23. The lowest BCUT2D eigenvalue weighted by atomic mass is 10.1. The second-order valence-corrected chi connectivity index (χ2v) is 3.41. The van der Waals surface area contributed by atoms with Gasteiger partial charge in [0.2, 0.25) is 0 Å². The summed E-state index contributed by atoms with van der Waals surface area (Å²) >= 11 is 0. The van der Waals surface area contributed by atoms with Gasteiger partial charge in [-0.15, -0.1) is 0 Å². The van der Waals surface area contributed by atoms with Crippen LogP contribution in [0, 0.1) is 6.54 Å². The van der Waals surface area contributed by atoms with Crippen molar-refractivity contribution in [3.8, 4) is 0 Å². The van der Waals surface area contributed by atoms with Crippen molar-refractivity contribution in [2.75, 3.05) is 12.4 Å². The molecule has 59 valence electrons. The molecule has 0 saturated carbocycles. The molecule has 0 unspecified atom stereocenters. The molecule has 0 bridgehead atoms. The van der Waals surface area contributed by atoms with E-state index in [1.807, 2.05) is 11.4 Å². The zero-order valence-corrected chi connectivity index (χ0v) is 6.72. The van der Waals surface area contributed by atoms with Crippen LogP contribution in [-0.4, -0.2) is 25.7 Å². The first kappa shape index (κ1) is 8.01. The van der Waals surface area contributed by atoms with Gasteiger partial charge >= 0.3 is 0 Å². The molecule has 0 aromatic carbocycles. The first-order valence-corrected chi connectivity index (χ1v) is 4.84. The minimum Gasteiger partial charge on any atom is -0.285 e. The third-order valence-corrected chi connectivity index (χ3v) is 2.18. The number of hydrogen-bond acceptors (Lipinski definition) is 3. The van der Waals surface area contributed by atoms with E-state index in [-0.39, 0.29) is 5.88 Å². The number of rotatable bonds is 2. The Morgan fingerprint density at radius 2 is 2.20 bits per heavy atom. The molecule has 1 aliphatic rings. The van der Waals surface area contributed by atoms with Gasteiger partial charge in [0, 0.05) is 6.54 Å². The van der Waals surface area contributed by atoms with Gasteiger partial charge < -0.3 is 0 Å². The van der Waals surface area contributed by atoms with Crippen LogP contribution in [0.4, 0.5) is 0 Å². The van der Waals surface area contributed by atoms with Gasteiger partial charge in [-0.3, -0.25) is 4.90 Å². The lowest BCUT2D eigenvalue weighted by molar-refractivity contribution is 0.319. The molecule has 0 aliphatic carbocycles. The van der Waals surface area contributed by atoms with Crippen LogP contribution in [0.15, 0.2) is 0 Å². The van der Waals surface area contributed by atoms with E-state index >= 15 is 0 Å². The van der Waals surface area contributed by atoms with E-state index in [9.17, 15) is 8.42 Å². The average molecular weight is 162 g/mol. The zero-order valence-electron chi connectivity index (χ0n) is 5.82. The Morgan fingerprint density at radius 3 is 2.70 bits per heavy atom. The fourth-order valence-electron chi connectivity index (χ4n) is 1.10. The van der Waals surface area contributed by atoms with Crippen LogP contribution < -0.4 is 0 Å². The minimum atomic E-state index is -2.23. The molecule has 0 amide bonds. The van der Waals surface area contributed by atoms with Gasteiger partial charge in [0.05, 0.1) is 5.88 Å². The second kappa shape index (κ2) is 3.93. The summed E-state index contributed by atoms with van der Waals surface area (Å²) in [6.07, 6.45) is 3.36. The van der Waals surface area contributed by atoms with Crippen molar-refractivity contribution in [1.82, 2.24) is 4.90 Å². The maximum atomic E-state index is 10.2. The van der Waals surface area contributed by atoms with Gasteiger partial charge in [-0.2, -0.15) is 0 Å². The highest BCUT2D eigenvalue weighted by atomic mass is 32.2. The maximum absolute atomic E-state index is 10.2. The van der Waals surface area contributed by atoms with Crippen LogP contribution in [-0.2, 0) is 10.7 Å². The normalized spacial score (nSPS) is 21.7. The standard InChI is InChI=1S/C6H12NO2S/c8-10(9)6-7-4-2-1-3-5-7/h4,10H,1-3,5-6H2. The van der Waals surface area contributed by atoms with Gasteiger partial charge in [0.25, 0.3) is 0 Å². The SMILES string of the molecule is O=[SH](=O)CN1[CH]CCCC1. The molecule has 1 rings (SSSR count). The van der Waals surface area contributed by atoms with Crippen LogP contribution in [0.25, 0.3) is 0 Å². The van der Waals surface area contributed by atoms with Crippen molar-refractivity contribution in [2.45, 2.75) is 19.3 Å². The van der Waals surface area contributed by atoms with E-state index in [1.165, 1.54) is 6.42 Å². The average Bonchev–Trinajstić information content (AvgIpc) is 1.88. The quantitative estimate of drug-likeness (QED) is 0.589. The van der Waals surface area contributed by atoms with Gasteiger partial charge in [0.15, 0.2) is 10.7 Å². The Kier molecular flexibility index (Phi) is 3.15.